The fraction of sp³-hybridized carbons (Fsp3) is 0.458. The van der Waals surface area contributed by atoms with Gasteiger partial charge in [-0.1, -0.05) is 30.3 Å². The number of urea groups is 1. The first-order chi connectivity index (χ1) is 14.0. The lowest BCUT2D eigenvalue weighted by molar-refractivity contribution is 0.150. The fourth-order valence-corrected chi connectivity index (χ4v) is 4.06. The van der Waals surface area contributed by atoms with Crippen molar-refractivity contribution in [2.75, 3.05) is 45.7 Å². The van der Waals surface area contributed by atoms with Gasteiger partial charge in [-0.3, -0.25) is 0 Å². The Labute approximate surface area is 174 Å². The van der Waals surface area contributed by atoms with E-state index < -0.39 is 0 Å². The molecule has 0 radical (unpaired) electrons. The van der Waals surface area contributed by atoms with Crippen LogP contribution in [0.1, 0.15) is 24.0 Å². The fourth-order valence-electron chi connectivity index (χ4n) is 4.06. The Hall–Kier alpha value is -2.53. The second kappa shape index (κ2) is 10.3. The normalized spacial score (nSPS) is 17.0. The van der Waals surface area contributed by atoms with Gasteiger partial charge in [0, 0.05) is 38.4 Å². The Kier molecular flexibility index (Phi) is 7.53. The molecule has 1 aliphatic heterocycles. The topological polar surface area (TPSA) is 44.8 Å². The van der Waals surface area contributed by atoms with E-state index in [2.05, 4.69) is 41.4 Å². The molecule has 1 saturated heterocycles. The zero-order valence-electron chi connectivity index (χ0n) is 17.9. The first-order valence-corrected chi connectivity index (χ1v) is 10.5. The van der Waals surface area contributed by atoms with Crippen LogP contribution >= 0.6 is 0 Å². The highest BCUT2D eigenvalue weighted by atomic mass is 16.5. The van der Waals surface area contributed by atoms with Gasteiger partial charge < -0.3 is 19.9 Å². The molecule has 0 saturated carbocycles. The molecule has 2 aromatic rings. The highest BCUT2D eigenvalue weighted by Crippen LogP contribution is 2.20. The number of ether oxygens (including phenoxy) is 1. The van der Waals surface area contributed by atoms with Crippen molar-refractivity contribution < 1.29 is 9.53 Å². The number of aryl methyl sites for hydroxylation is 1. The SMILES string of the molecule is COc1cccc(NC(=O)N(C)C[C@H]2CCCN(CCc3ccccc3C)C2)c1. The number of benzene rings is 2. The third kappa shape index (κ3) is 6.23. The van der Waals surface area contributed by atoms with Crippen LogP contribution in [-0.4, -0.2) is 56.2 Å². The molecule has 0 unspecified atom stereocenters. The van der Waals surface area contributed by atoms with Crippen LogP contribution in [0.2, 0.25) is 0 Å². The molecule has 5 heteroatoms. The molecule has 1 atom stereocenters. The molecule has 5 nitrogen and oxygen atoms in total. The molecule has 0 aliphatic carbocycles. The maximum atomic E-state index is 12.6. The van der Waals surface area contributed by atoms with E-state index in [1.165, 1.54) is 24.0 Å². The minimum absolute atomic E-state index is 0.0738. The summed E-state index contributed by atoms with van der Waals surface area (Å²) in [4.78, 5) is 16.9. The summed E-state index contributed by atoms with van der Waals surface area (Å²) in [7, 11) is 3.50. The first kappa shape index (κ1) is 21.2. The third-order valence-corrected chi connectivity index (χ3v) is 5.76. The van der Waals surface area contributed by atoms with Gasteiger partial charge in [0.05, 0.1) is 7.11 Å². The summed E-state index contributed by atoms with van der Waals surface area (Å²) in [5, 5.41) is 2.96. The van der Waals surface area contributed by atoms with Crippen molar-refractivity contribution >= 4 is 11.7 Å². The van der Waals surface area contributed by atoms with Crippen molar-refractivity contribution in [3.05, 3.63) is 59.7 Å². The average Bonchev–Trinajstić information content (AvgIpc) is 2.73. The monoisotopic (exact) mass is 395 g/mol. The summed E-state index contributed by atoms with van der Waals surface area (Å²) < 4.78 is 5.22. The molecule has 29 heavy (non-hydrogen) atoms. The number of nitrogens with one attached hydrogen (secondary N) is 1. The van der Waals surface area contributed by atoms with E-state index in [-0.39, 0.29) is 6.03 Å². The quantitative estimate of drug-likeness (QED) is 0.755. The van der Waals surface area contributed by atoms with E-state index in [1.807, 2.05) is 31.3 Å². The zero-order chi connectivity index (χ0) is 20.6. The Morgan fingerprint density at radius 1 is 1.24 bits per heavy atom. The minimum Gasteiger partial charge on any atom is -0.497 e. The molecule has 156 valence electrons. The lowest BCUT2D eigenvalue weighted by atomic mass is 9.97. The summed E-state index contributed by atoms with van der Waals surface area (Å²) in [6.45, 7) is 6.26. The Morgan fingerprint density at radius 2 is 2.07 bits per heavy atom. The number of methoxy groups -OCH3 is 1. The van der Waals surface area contributed by atoms with Crippen LogP contribution in [0.25, 0.3) is 0 Å². The maximum absolute atomic E-state index is 12.6. The van der Waals surface area contributed by atoms with Crippen molar-refractivity contribution in [1.29, 1.82) is 0 Å². The van der Waals surface area contributed by atoms with Crippen molar-refractivity contribution in [3.8, 4) is 5.75 Å². The average molecular weight is 396 g/mol. The van der Waals surface area contributed by atoms with Gasteiger partial charge in [0.1, 0.15) is 5.75 Å². The summed E-state index contributed by atoms with van der Waals surface area (Å²) in [5.74, 6) is 1.25. The molecule has 2 aromatic carbocycles. The largest absolute Gasteiger partial charge is 0.497 e. The Morgan fingerprint density at radius 3 is 2.86 bits per heavy atom. The lowest BCUT2D eigenvalue weighted by Crippen LogP contribution is -2.43. The van der Waals surface area contributed by atoms with E-state index in [9.17, 15) is 4.79 Å². The number of hydrogen-bond donors (Lipinski definition) is 1. The van der Waals surface area contributed by atoms with Gasteiger partial charge in [-0.15, -0.1) is 0 Å². The summed E-state index contributed by atoms with van der Waals surface area (Å²) >= 11 is 0. The van der Waals surface area contributed by atoms with E-state index in [0.717, 1.165) is 44.0 Å². The second-order valence-electron chi connectivity index (χ2n) is 8.03. The molecule has 1 N–H and O–H groups in total. The van der Waals surface area contributed by atoms with E-state index >= 15 is 0 Å². The second-order valence-corrected chi connectivity index (χ2v) is 8.03. The molecule has 0 bridgehead atoms. The molecule has 1 aliphatic rings. The minimum atomic E-state index is -0.0738. The molecule has 2 amide bonds. The van der Waals surface area contributed by atoms with Crippen LogP contribution in [0.15, 0.2) is 48.5 Å². The number of rotatable bonds is 7. The van der Waals surface area contributed by atoms with Gasteiger partial charge >= 0.3 is 6.03 Å². The third-order valence-electron chi connectivity index (χ3n) is 5.76. The number of carbonyl (C=O) groups excluding carboxylic acids is 1. The van der Waals surface area contributed by atoms with Gasteiger partial charge in [-0.25, -0.2) is 4.79 Å². The number of anilines is 1. The van der Waals surface area contributed by atoms with E-state index in [1.54, 1.807) is 12.0 Å². The van der Waals surface area contributed by atoms with Gasteiger partial charge in [0.2, 0.25) is 0 Å². The van der Waals surface area contributed by atoms with E-state index in [0.29, 0.717) is 5.92 Å². The number of amides is 2. The Bertz CT molecular complexity index is 808. The van der Waals surface area contributed by atoms with Gasteiger partial charge in [0.25, 0.3) is 0 Å². The van der Waals surface area contributed by atoms with Crippen LogP contribution in [-0.2, 0) is 6.42 Å². The molecule has 1 heterocycles. The van der Waals surface area contributed by atoms with Crippen LogP contribution in [0.4, 0.5) is 10.5 Å². The Balaban J connectivity index is 1.47. The highest BCUT2D eigenvalue weighted by Gasteiger charge is 2.22. The van der Waals surface area contributed by atoms with Crippen molar-refractivity contribution in [2.45, 2.75) is 26.2 Å². The number of nitrogens with zero attached hydrogens (tertiary/aromatic N) is 2. The van der Waals surface area contributed by atoms with Crippen LogP contribution in [0, 0.1) is 12.8 Å². The maximum Gasteiger partial charge on any atom is 0.321 e. The molecule has 0 aromatic heterocycles. The molecule has 3 rings (SSSR count). The van der Waals surface area contributed by atoms with E-state index in [4.69, 9.17) is 4.74 Å². The zero-order valence-corrected chi connectivity index (χ0v) is 17.9. The van der Waals surface area contributed by atoms with Crippen LogP contribution in [0.3, 0.4) is 0 Å². The van der Waals surface area contributed by atoms with Crippen molar-refractivity contribution in [2.24, 2.45) is 5.92 Å². The summed E-state index contributed by atoms with van der Waals surface area (Å²) in [6.07, 6.45) is 3.47. The summed E-state index contributed by atoms with van der Waals surface area (Å²) in [5.41, 5.74) is 3.56. The summed E-state index contributed by atoms with van der Waals surface area (Å²) in [6, 6.07) is 16.0. The molecule has 0 spiro atoms. The van der Waals surface area contributed by atoms with Crippen molar-refractivity contribution in [1.82, 2.24) is 9.80 Å². The van der Waals surface area contributed by atoms with Gasteiger partial charge in [-0.05, 0) is 61.9 Å². The number of carbonyl (C=O) groups is 1. The lowest BCUT2D eigenvalue weighted by Gasteiger charge is -2.34. The molecular formula is C24H33N3O2. The molecular weight excluding hydrogens is 362 g/mol. The number of likely N-dealkylation sites (tertiary alicyclic amines) is 1. The highest BCUT2D eigenvalue weighted by molar-refractivity contribution is 5.89. The number of piperidine rings is 1. The number of hydrogen-bond acceptors (Lipinski definition) is 3. The van der Waals surface area contributed by atoms with Crippen molar-refractivity contribution in [3.63, 3.8) is 0 Å². The predicted molar refractivity (Wildman–Crippen MR) is 119 cm³/mol. The van der Waals surface area contributed by atoms with Crippen LogP contribution in [0.5, 0.6) is 5.75 Å². The smallest absolute Gasteiger partial charge is 0.321 e. The predicted octanol–water partition coefficient (Wildman–Crippen LogP) is 4.42. The first-order valence-electron chi connectivity index (χ1n) is 10.5. The van der Waals surface area contributed by atoms with Gasteiger partial charge in [0.15, 0.2) is 0 Å². The van der Waals surface area contributed by atoms with Crippen LogP contribution < -0.4 is 10.1 Å². The standard InChI is InChI=1S/C24H33N3O2/c1-19-8-4-5-10-21(19)13-15-27-14-7-9-20(18-27)17-26(2)24(28)25-22-11-6-12-23(16-22)29-3/h4-6,8,10-12,16,20H,7,9,13-15,17-18H2,1-3H3,(H,25,28)/t20-/m1/s1. The molecule has 1 fully saturated rings. The van der Waals surface area contributed by atoms with Gasteiger partial charge in [-0.2, -0.15) is 0 Å².